The van der Waals surface area contributed by atoms with Gasteiger partial charge in [-0.15, -0.1) is 11.3 Å². The number of hydrogen-bond donors (Lipinski definition) is 3. The SMILES string of the molecule is C[C@H](NC(=O)[C@@H]1C[C@]2(C)C[C@@H]2N1C(=O)CNC(=O)c1ccc(Oc2ccccc2)cc1)c1cc(-c2ncc[nH]2)cs1. The maximum Gasteiger partial charge on any atom is 0.251 e. The van der Waals surface area contributed by atoms with Crippen LogP contribution in [-0.4, -0.2) is 51.2 Å². The van der Waals surface area contributed by atoms with Gasteiger partial charge in [0.05, 0.1) is 12.6 Å². The highest BCUT2D eigenvalue weighted by Gasteiger charge is 2.64. The van der Waals surface area contributed by atoms with Crippen molar-refractivity contribution >= 4 is 29.1 Å². The van der Waals surface area contributed by atoms with E-state index in [9.17, 15) is 14.4 Å². The van der Waals surface area contributed by atoms with Crippen molar-refractivity contribution in [2.75, 3.05) is 6.54 Å². The van der Waals surface area contributed by atoms with Gasteiger partial charge in [-0.3, -0.25) is 14.4 Å². The first-order chi connectivity index (χ1) is 19.8. The largest absolute Gasteiger partial charge is 0.457 e. The number of ether oxygens (including phenoxy) is 1. The molecule has 0 unspecified atom stereocenters. The van der Waals surface area contributed by atoms with E-state index < -0.39 is 6.04 Å². The number of H-pyrrole nitrogens is 1. The van der Waals surface area contributed by atoms with Gasteiger partial charge in [-0.05, 0) is 67.6 Å². The van der Waals surface area contributed by atoms with Crippen LogP contribution in [0.25, 0.3) is 11.4 Å². The quantitative estimate of drug-likeness (QED) is 0.265. The molecule has 1 aliphatic heterocycles. The predicted octanol–water partition coefficient (Wildman–Crippen LogP) is 4.92. The fourth-order valence-corrected chi connectivity index (χ4v) is 6.42. The minimum Gasteiger partial charge on any atom is -0.457 e. The number of aromatic nitrogens is 2. The van der Waals surface area contributed by atoms with Gasteiger partial charge in [0, 0.05) is 39.8 Å². The van der Waals surface area contributed by atoms with Crippen LogP contribution in [0.1, 0.15) is 48.0 Å². The van der Waals surface area contributed by atoms with Gasteiger partial charge in [0.2, 0.25) is 11.8 Å². The summed E-state index contributed by atoms with van der Waals surface area (Å²) in [6, 6.07) is 17.4. The van der Waals surface area contributed by atoms with E-state index in [0.717, 1.165) is 22.7 Å². The summed E-state index contributed by atoms with van der Waals surface area (Å²) < 4.78 is 5.78. The van der Waals surface area contributed by atoms with E-state index in [1.165, 1.54) is 0 Å². The summed E-state index contributed by atoms with van der Waals surface area (Å²) in [5, 5.41) is 7.83. The normalized spacial score (nSPS) is 21.6. The molecular formula is C31H31N5O4S. The van der Waals surface area contributed by atoms with Crippen LogP contribution in [0.5, 0.6) is 11.5 Å². The number of rotatable bonds is 9. The lowest BCUT2D eigenvalue weighted by Gasteiger charge is -2.28. The number of para-hydroxylation sites is 1. The Kier molecular flexibility index (Phi) is 7.08. The first kappa shape index (κ1) is 26.8. The Balaban J connectivity index is 1.05. The molecule has 6 rings (SSSR count). The van der Waals surface area contributed by atoms with E-state index in [-0.39, 0.29) is 41.8 Å². The number of carbonyl (C=O) groups excluding carboxylic acids is 3. The van der Waals surface area contributed by atoms with E-state index in [1.54, 1.807) is 52.9 Å². The van der Waals surface area contributed by atoms with E-state index in [2.05, 4.69) is 27.5 Å². The lowest BCUT2D eigenvalue weighted by atomic mass is 10.0. The van der Waals surface area contributed by atoms with Gasteiger partial charge in [0.15, 0.2) is 0 Å². The third-order valence-corrected chi connectivity index (χ3v) is 9.01. The number of likely N-dealkylation sites (tertiary alicyclic amines) is 1. The third-order valence-electron chi connectivity index (χ3n) is 7.90. The Bertz CT molecular complexity index is 1550. The molecule has 1 aliphatic carbocycles. The highest BCUT2D eigenvalue weighted by atomic mass is 32.1. The molecule has 0 bridgehead atoms. The Labute approximate surface area is 241 Å². The zero-order valence-corrected chi connectivity index (χ0v) is 23.6. The number of hydrogen-bond acceptors (Lipinski definition) is 6. The monoisotopic (exact) mass is 569 g/mol. The predicted molar refractivity (Wildman–Crippen MR) is 156 cm³/mol. The molecule has 2 aromatic heterocycles. The summed E-state index contributed by atoms with van der Waals surface area (Å²) in [7, 11) is 0. The van der Waals surface area contributed by atoms with E-state index in [1.807, 2.05) is 48.7 Å². The van der Waals surface area contributed by atoms with Crippen LogP contribution in [0.4, 0.5) is 0 Å². The first-order valence-corrected chi connectivity index (χ1v) is 14.5. The van der Waals surface area contributed by atoms with Crippen LogP contribution in [0.2, 0.25) is 0 Å². The van der Waals surface area contributed by atoms with Crippen molar-refractivity contribution in [3.63, 3.8) is 0 Å². The van der Waals surface area contributed by atoms with Crippen molar-refractivity contribution in [3.05, 3.63) is 88.9 Å². The Hall–Kier alpha value is -4.44. The number of amides is 3. The van der Waals surface area contributed by atoms with Crippen molar-refractivity contribution in [2.24, 2.45) is 5.41 Å². The van der Waals surface area contributed by atoms with Crippen molar-refractivity contribution in [1.29, 1.82) is 0 Å². The molecule has 0 radical (unpaired) electrons. The number of thiophene rings is 1. The summed E-state index contributed by atoms with van der Waals surface area (Å²) in [5.74, 6) is 1.31. The lowest BCUT2D eigenvalue weighted by Crippen LogP contribution is -2.51. The second-order valence-electron chi connectivity index (χ2n) is 10.9. The number of fused-ring (bicyclic) bond motifs is 1. The maximum absolute atomic E-state index is 13.4. The van der Waals surface area contributed by atoms with Crippen LogP contribution < -0.4 is 15.4 Å². The molecule has 3 heterocycles. The molecule has 210 valence electrons. The van der Waals surface area contributed by atoms with Gasteiger partial charge in [-0.25, -0.2) is 4.98 Å². The van der Waals surface area contributed by atoms with E-state index in [0.29, 0.717) is 23.5 Å². The van der Waals surface area contributed by atoms with Gasteiger partial charge in [0.25, 0.3) is 5.91 Å². The molecule has 2 aliphatic rings. The zero-order chi connectivity index (χ0) is 28.6. The van der Waals surface area contributed by atoms with Crippen LogP contribution in [0, 0.1) is 5.41 Å². The summed E-state index contributed by atoms with van der Waals surface area (Å²) in [5.41, 5.74) is 1.33. The molecule has 2 fully saturated rings. The van der Waals surface area contributed by atoms with Crippen molar-refractivity contribution < 1.29 is 19.1 Å². The Morgan fingerprint density at radius 1 is 1.12 bits per heavy atom. The van der Waals surface area contributed by atoms with Crippen molar-refractivity contribution in [1.82, 2.24) is 25.5 Å². The van der Waals surface area contributed by atoms with Crippen LogP contribution in [0.15, 0.2) is 78.4 Å². The topological polar surface area (TPSA) is 116 Å². The number of aromatic amines is 1. The average molecular weight is 570 g/mol. The zero-order valence-electron chi connectivity index (χ0n) is 22.8. The molecule has 4 aromatic rings. The first-order valence-electron chi connectivity index (χ1n) is 13.6. The second kappa shape index (κ2) is 10.9. The van der Waals surface area contributed by atoms with E-state index >= 15 is 0 Å². The van der Waals surface area contributed by atoms with Crippen LogP contribution in [0.3, 0.4) is 0 Å². The fraction of sp³-hybridized carbons (Fsp3) is 0.290. The summed E-state index contributed by atoms with van der Waals surface area (Å²) >= 11 is 1.56. The van der Waals surface area contributed by atoms with Gasteiger partial charge >= 0.3 is 0 Å². The molecule has 2 aromatic carbocycles. The lowest BCUT2D eigenvalue weighted by molar-refractivity contribution is -0.139. The van der Waals surface area contributed by atoms with Crippen LogP contribution in [-0.2, 0) is 9.59 Å². The number of imidazole rings is 1. The third kappa shape index (κ3) is 5.60. The average Bonchev–Trinajstić information content (AvgIpc) is 3.45. The minimum absolute atomic E-state index is 0.0136. The smallest absolute Gasteiger partial charge is 0.251 e. The molecule has 3 amide bonds. The Morgan fingerprint density at radius 3 is 2.61 bits per heavy atom. The molecule has 3 N–H and O–H groups in total. The van der Waals surface area contributed by atoms with E-state index in [4.69, 9.17) is 4.74 Å². The van der Waals surface area contributed by atoms with Crippen LogP contribution >= 0.6 is 11.3 Å². The second-order valence-corrected chi connectivity index (χ2v) is 11.9. The molecule has 4 atom stereocenters. The van der Waals surface area contributed by atoms with Crippen molar-refractivity contribution in [3.8, 4) is 22.9 Å². The molecule has 0 spiro atoms. The number of carbonyl (C=O) groups is 3. The highest BCUT2D eigenvalue weighted by Crippen LogP contribution is 2.59. The molecule has 10 heteroatoms. The summed E-state index contributed by atoms with van der Waals surface area (Å²) in [6.45, 7) is 3.88. The maximum atomic E-state index is 13.4. The molecule has 9 nitrogen and oxygen atoms in total. The highest BCUT2D eigenvalue weighted by molar-refractivity contribution is 7.10. The van der Waals surface area contributed by atoms with Gasteiger partial charge in [-0.1, -0.05) is 25.1 Å². The van der Waals surface area contributed by atoms with Gasteiger partial charge in [-0.2, -0.15) is 0 Å². The number of piperidine rings is 1. The summed E-state index contributed by atoms with van der Waals surface area (Å²) in [4.78, 5) is 49.6. The van der Waals surface area contributed by atoms with Gasteiger partial charge < -0.3 is 25.3 Å². The number of nitrogens with one attached hydrogen (secondary N) is 3. The molecular weight excluding hydrogens is 538 g/mol. The van der Waals surface area contributed by atoms with Crippen molar-refractivity contribution in [2.45, 2.75) is 44.8 Å². The van der Waals surface area contributed by atoms with Gasteiger partial charge in [0.1, 0.15) is 23.4 Å². The number of benzene rings is 2. The summed E-state index contributed by atoms with van der Waals surface area (Å²) in [6.07, 6.45) is 4.96. The molecule has 1 saturated carbocycles. The minimum atomic E-state index is -0.565. The fourth-order valence-electron chi connectivity index (χ4n) is 5.52. The molecule has 1 saturated heterocycles. The molecule has 41 heavy (non-hydrogen) atoms. The Morgan fingerprint density at radius 2 is 1.88 bits per heavy atom. The number of nitrogens with zero attached hydrogens (tertiary/aromatic N) is 2. The standard InChI is InChI=1S/C31H31N5O4S/c1-19(25-14-21(18-41-25)28-32-12-13-33-28)35-30(39)24-15-31(2)16-26(31)36(24)27(37)17-34-29(38)20-8-10-23(11-9-20)40-22-6-4-3-5-7-22/h3-14,18-19,24,26H,15-17H2,1-2H3,(H,32,33)(H,34,38)(H,35,39)/t19-,24-,26-,31+/m0/s1.